The van der Waals surface area contributed by atoms with Crippen LogP contribution in [-0.4, -0.2) is 20.9 Å². The number of halogens is 1. The SMILES string of the molecule is CCOc1ccccc1C1C(=O)N(S(=O)(=O)c2cc(C)sc2C)c2ccc(F)cc21. The summed E-state index contributed by atoms with van der Waals surface area (Å²) in [5.74, 6) is -1.70. The third-order valence-corrected chi connectivity index (χ3v) is 7.94. The fraction of sp³-hybridized carbons (Fsp3) is 0.227. The Bertz CT molecular complexity index is 1250. The van der Waals surface area contributed by atoms with Gasteiger partial charge in [-0.15, -0.1) is 11.3 Å². The normalized spacial score (nSPS) is 16.1. The zero-order valence-corrected chi connectivity index (χ0v) is 18.3. The third-order valence-electron chi connectivity index (χ3n) is 5.01. The topological polar surface area (TPSA) is 63.7 Å². The largest absolute Gasteiger partial charge is 0.494 e. The first-order valence-corrected chi connectivity index (χ1v) is 11.7. The van der Waals surface area contributed by atoms with E-state index in [0.29, 0.717) is 28.4 Å². The van der Waals surface area contributed by atoms with Gasteiger partial charge >= 0.3 is 0 Å². The van der Waals surface area contributed by atoms with Crippen molar-refractivity contribution < 1.29 is 22.3 Å². The monoisotopic (exact) mass is 445 g/mol. The number of fused-ring (bicyclic) bond motifs is 1. The van der Waals surface area contributed by atoms with Crippen LogP contribution >= 0.6 is 11.3 Å². The first kappa shape index (κ1) is 20.6. The molecule has 1 aromatic heterocycles. The summed E-state index contributed by atoms with van der Waals surface area (Å²) < 4.78 is 47.6. The maximum absolute atomic E-state index is 14.1. The molecule has 0 aliphatic carbocycles. The lowest BCUT2D eigenvalue weighted by Gasteiger charge is -2.19. The molecule has 5 nitrogen and oxygen atoms in total. The Hall–Kier alpha value is -2.71. The highest BCUT2D eigenvalue weighted by atomic mass is 32.2. The maximum Gasteiger partial charge on any atom is 0.272 e. The molecule has 30 heavy (non-hydrogen) atoms. The van der Waals surface area contributed by atoms with E-state index in [2.05, 4.69) is 0 Å². The molecule has 2 heterocycles. The molecule has 0 N–H and O–H groups in total. The fourth-order valence-electron chi connectivity index (χ4n) is 3.83. The molecule has 0 bridgehead atoms. The summed E-state index contributed by atoms with van der Waals surface area (Å²) in [6.07, 6.45) is 0. The average molecular weight is 446 g/mol. The van der Waals surface area contributed by atoms with E-state index in [1.807, 2.05) is 13.8 Å². The van der Waals surface area contributed by atoms with Crippen LogP contribution in [0.5, 0.6) is 5.75 Å². The molecule has 3 aromatic rings. The summed E-state index contributed by atoms with van der Waals surface area (Å²) in [5.41, 5.74) is 0.980. The average Bonchev–Trinajstić information content (AvgIpc) is 3.18. The molecular weight excluding hydrogens is 425 g/mol. The van der Waals surface area contributed by atoms with Gasteiger partial charge in [0.05, 0.1) is 18.2 Å². The minimum absolute atomic E-state index is 0.0902. The Balaban J connectivity index is 1.93. The van der Waals surface area contributed by atoms with Gasteiger partial charge in [0.25, 0.3) is 15.9 Å². The van der Waals surface area contributed by atoms with Gasteiger partial charge in [-0.1, -0.05) is 18.2 Å². The molecule has 1 amide bonds. The van der Waals surface area contributed by atoms with Crippen molar-refractivity contribution in [2.24, 2.45) is 0 Å². The maximum atomic E-state index is 14.1. The van der Waals surface area contributed by atoms with Gasteiger partial charge in [0.15, 0.2) is 0 Å². The predicted molar refractivity (Wildman–Crippen MR) is 114 cm³/mol. The number of nitrogens with zero attached hydrogens (tertiary/aromatic N) is 1. The number of sulfonamides is 1. The van der Waals surface area contributed by atoms with E-state index >= 15 is 0 Å². The predicted octanol–water partition coefficient (Wildman–Crippen LogP) is 4.77. The van der Waals surface area contributed by atoms with Gasteiger partial charge in [0, 0.05) is 15.3 Å². The number of hydrogen-bond acceptors (Lipinski definition) is 5. The van der Waals surface area contributed by atoms with Gasteiger partial charge in [0.1, 0.15) is 16.5 Å². The summed E-state index contributed by atoms with van der Waals surface area (Å²) in [5, 5.41) is 0. The molecule has 1 atom stereocenters. The molecule has 0 radical (unpaired) electrons. The quantitative estimate of drug-likeness (QED) is 0.568. The summed E-state index contributed by atoms with van der Waals surface area (Å²) >= 11 is 1.35. The molecule has 0 spiro atoms. The standard InChI is InChI=1S/C22H20FNO4S2/c1-4-28-19-8-6-5-7-16(19)21-17-12-15(23)9-10-18(17)24(22(21)25)30(26,27)20-11-13(2)29-14(20)3/h5-12,21H,4H2,1-3H3. The summed E-state index contributed by atoms with van der Waals surface area (Å²) in [7, 11) is -4.16. The highest BCUT2D eigenvalue weighted by Gasteiger charge is 2.46. The van der Waals surface area contributed by atoms with Crippen LogP contribution in [0.15, 0.2) is 53.4 Å². The van der Waals surface area contributed by atoms with Gasteiger partial charge in [0.2, 0.25) is 0 Å². The van der Waals surface area contributed by atoms with Gasteiger partial charge in [-0.05, 0) is 56.7 Å². The van der Waals surface area contributed by atoms with Crippen LogP contribution in [-0.2, 0) is 14.8 Å². The van der Waals surface area contributed by atoms with E-state index in [4.69, 9.17) is 4.74 Å². The van der Waals surface area contributed by atoms with Gasteiger partial charge in [-0.25, -0.2) is 17.1 Å². The van der Waals surface area contributed by atoms with Crippen molar-refractivity contribution in [2.75, 3.05) is 10.9 Å². The number of carbonyl (C=O) groups excluding carboxylic acids is 1. The van der Waals surface area contributed by atoms with Crippen molar-refractivity contribution in [1.29, 1.82) is 0 Å². The molecule has 0 saturated heterocycles. The highest BCUT2D eigenvalue weighted by Crippen LogP contribution is 2.47. The highest BCUT2D eigenvalue weighted by molar-refractivity contribution is 7.93. The Labute approximate surface area is 178 Å². The van der Waals surface area contributed by atoms with Crippen LogP contribution in [0, 0.1) is 19.7 Å². The summed E-state index contributed by atoms with van der Waals surface area (Å²) in [6.45, 7) is 5.72. The fourth-order valence-corrected chi connectivity index (χ4v) is 6.81. The van der Waals surface area contributed by atoms with E-state index in [1.165, 1.54) is 23.5 Å². The Morgan fingerprint density at radius 1 is 1.10 bits per heavy atom. The van der Waals surface area contributed by atoms with Crippen LogP contribution in [0.1, 0.15) is 33.7 Å². The second-order valence-corrected chi connectivity index (χ2v) is 10.2. The number of carbonyl (C=O) groups is 1. The number of ether oxygens (including phenoxy) is 1. The van der Waals surface area contributed by atoms with Crippen molar-refractivity contribution in [3.63, 3.8) is 0 Å². The smallest absolute Gasteiger partial charge is 0.272 e. The Morgan fingerprint density at radius 3 is 2.50 bits per heavy atom. The number of amides is 1. The van der Waals surface area contributed by atoms with Crippen LogP contribution in [0.2, 0.25) is 0 Å². The van der Waals surface area contributed by atoms with E-state index in [1.54, 1.807) is 37.3 Å². The third kappa shape index (κ3) is 3.20. The van der Waals surface area contributed by atoms with Crippen molar-refractivity contribution in [3.8, 4) is 5.75 Å². The lowest BCUT2D eigenvalue weighted by molar-refractivity contribution is -0.117. The van der Waals surface area contributed by atoms with Gasteiger partial charge in [-0.3, -0.25) is 4.79 Å². The van der Waals surface area contributed by atoms with Crippen LogP contribution < -0.4 is 9.04 Å². The molecule has 1 aliphatic rings. The zero-order valence-electron chi connectivity index (χ0n) is 16.7. The van der Waals surface area contributed by atoms with E-state index < -0.39 is 27.7 Å². The second kappa shape index (κ2) is 7.52. The lowest BCUT2D eigenvalue weighted by Crippen LogP contribution is -2.35. The van der Waals surface area contributed by atoms with Crippen LogP contribution in [0.3, 0.4) is 0 Å². The van der Waals surface area contributed by atoms with E-state index in [0.717, 1.165) is 15.2 Å². The number of benzene rings is 2. The van der Waals surface area contributed by atoms with E-state index in [-0.39, 0.29) is 10.6 Å². The molecule has 1 aliphatic heterocycles. The molecule has 4 rings (SSSR count). The first-order chi connectivity index (χ1) is 14.3. The minimum atomic E-state index is -4.16. The molecule has 0 fully saturated rings. The molecule has 1 unspecified atom stereocenters. The van der Waals surface area contributed by atoms with Gasteiger partial charge < -0.3 is 4.74 Å². The molecule has 0 saturated carbocycles. The molecule has 2 aromatic carbocycles. The second-order valence-electron chi connectivity index (χ2n) is 6.99. The van der Waals surface area contributed by atoms with Gasteiger partial charge in [-0.2, -0.15) is 0 Å². The molecule has 8 heteroatoms. The van der Waals surface area contributed by atoms with Crippen molar-refractivity contribution in [3.05, 3.63) is 75.2 Å². The number of hydrogen-bond donors (Lipinski definition) is 0. The molecular formula is C22H20FNO4S2. The van der Waals surface area contributed by atoms with Crippen LogP contribution in [0.4, 0.5) is 10.1 Å². The van der Waals surface area contributed by atoms with Crippen LogP contribution in [0.25, 0.3) is 0 Å². The number of rotatable bonds is 5. The van der Waals surface area contributed by atoms with Crippen molar-refractivity contribution in [2.45, 2.75) is 31.6 Å². The Morgan fingerprint density at radius 2 is 1.83 bits per heavy atom. The number of thiophene rings is 1. The van der Waals surface area contributed by atoms with Crippen molar-refractivity contribution in [1.82, 2.24) is 0 Å². The number of aryl methyl sites for hydroxylation is 2. The number of anilines is 1. The zero-order chi connectivity index (χ0) is 21.6. The van der Waals surface area contributed by atoms with Crippen molar-refractivity contribution >= 4 is 33.0 Å². The van der Waals surface area contributed by atoms with E-state index in [9.17, 15) is 17.6 Å². The Kier molecular flexibility index (Phi) is 5.15. The first-order valence-electron chi connectivity index (χ1n) is 9.43. The minimum Gasteiger partial charge on any atom is -0.494 e. The lowest BCUT2D eigenvalue weighted by atomic mass is 9.92. The summed E-state index contributed by atoms with van der Waals surface area (Å²) in [6, 6.07) is 12.2. The summed E-state index contributed by atoms with van der Waals surface area (Å²) in [4.78, 5) is 15.1. The molecule has 156 valence electrons. The number of para-hydroxylation sites is 1.